The van der Waals surface area contributed by atoms with Crippen molar-refractivity contribution in [1.82, 2.24) is 0 Å². The SMILES string of the molecule is CC.CC.CSSC1=CCCC=N1. The summed E-state index contributed by atoms with van der Waals surface area (Å²) in [6, 6.07) is 0. The Balaban J connectivity index is 0. The van der Waals surface area contributed by atoms with Crippen LogP contribution in [0.2, 0.25) is 0 Å². The molecule has 0 radical (unpaired) electrons. The smallest absolute Gasteiger partial charge is 0.102 e. The standard InChI is InChI=1S/C6H9NS2.2C2H6/c1-8-9-6-4-2-3-5-7-6;2*1-2/h4-5H,2-3H2,1H3;2*1-2H3. The molecule has 0 atom stereocenters. The Hall–Kier alpha value is 0.110. The predicted molar refractivity (Wildman–Crippen MR) is 69.6 cm³/mol. The van der Waals surface area contributed by atoms with Crippen LogP contribution < -0.4 is 0 Å². The first-order valence-electron chi connectivity index (χ1n) is 4.87. The molecule has 1 heterocycles. The van der Waals surface area contributed by atoms with E-state index in [4.69, 9.17) is 0 Å². The van der Waals surface area contributed by atoms with Gasteiger partial charge < -0.3 is 0 Å². The average molecular weight is 219 g/mol. The van der Waals surface area contributed by atoms with Crippen molar-refractivity contribution >= 4 is 27.8 Å². The monoisotopic (exact) mass is 219 g/mol. The summed E-state index contributed by atoms with van der Waals surface area (Å²) in [6.07, 6.45) is 8.50. The highest BCUT2D eigenvalue weighted by molar-refractivity contribution is 8.77. The molecular weight excluding hydrogens is 198 g/mol. The van der Waals surface area contributed by atoms with Crippen LogP contribution in [0.3, 0.4) is 0 Å². The van der Waals surface area contributed by atoms with E-state index < -0.39 is 0 Å². The molecule has 1 rings (SSSR count). The molecule has 0 aliphatic carbocycles. The molecule has 1 aliphatic heterocycles. The van der Waals surface area contributed by atoms with Crippen LogP contribution in [-0.2, 0) is 0 Å². The number of aliphatic imine (C=N–C) groups is 1. The lowest BCUT2D eigenvalue weighted by atomic mass is 10.3. The van der Waals surface area contributed by atoms with E-state index in [9.17, 15) is 0 Å². The van der Waals surface area contributed by atoms with Gasteiger partial charge in [0.1, 0.15) is 5.03 Å². The Kier molecular flexibility index (Phi) is 17.5. The Morgan fingerprint density at radius 3 is 2.15 bits per heavy atom. The van der Waals surface area contributed by atoms with Gasteiger partial charge in [0, 0.05) is 6.21 Å². The lowest BCUT2D eigenvalue weighted by molar-refractivity contribution is 1.08. The Morgan fingerprint density at radius 1 is 1.15 bits per heavy atom. The van der Waals surface area contributed by atoms with Crippen LogP contribution in [0, 0.1) is 0 Å². The molecule has 0 aromatic carbocycles. The van der Waals surface area contributed by atoms with E-state index in [1.807, 2.05) is 33.9 Å². The summed E-state index contributed by atoms with van der Waals surface area (Å²) in [7, 11) is 3.47. The molecule has 3 heteroatoms. The quantitative estimate of drug-likeness (QED) is 0.621. The minimum Gasteiger partial charge on any atom is -0.254 e. The maximum atomic E-state index is 4.20. The van der Waals surface area contributed by atoms with Crippen LogP contribution >= 0.6 is 21.6 Å². The highest BCUT2D eigenvalue weighted by Crippen LogP contribution is 2.29. The van der Waals surface area contributed by atoms with Gasteiger partial charge in [0.2, 0.25) is 0 Å². The zero-order valence-electron chi connectivity index (χ0n) is 9.33. The number of allylic oxidation sites excluding steroid dienone is 1. The fourth-order valence-electron chi connectivity index (χ4n) is 0.629. The van der Waals surface area contributed by atoms with Gasteiger partial charge in [-0.05, 0) is 29.9 Å². The second-order valence-corrected chi connectivity index (χ2v) is 4.10. The van der Waals surface area contributed by atoms with Crippen molar-refractivity contribution in [3.63, 3.8) is 0 Å². The molecule has 0 fully saturated rings. The van der Waals surface area contributed by atoms with Gasteiger partial charge in [0.15, 0.2) is 0 Å². The molecule has 0 bridgehead atoms. The molecule has 0 amide bonds. The van der Waals surface area contributed by atoms with Gasteiger partial charge in [-0.2, -0.15) is 0 Å². The lowest BCUT2D eigenvalue weighted by Crippen LogP contribution is -1.82. The number of rotatable bonds is 2. The van der Waals surface area contributed by atoms with Crippen LogP contribution in [-0.4, -0.2) is 12.5 Å². The van der Waals surface area contributed by atoms with Crippen molar-refractivity contribution in [2.24, 2.45) is 4.99 Å². The number of nitrogens with zero attached hydrogens (tertiary/aromatic N) is 1. The first kappa shape index (κ1) is 15.6. The van der Waals surface area contributed by atoms with E-state index in [-0.39, 0.29) is 0 Å². The maximum Gasteiger partial charge on any atom is 0.102 e. The molecule has 13 heavy (non-hydrogen) atoms. The van der Waals surface area contributed by atoms with Crippen molar-refractivity contribution < 1.29 is 0 Å². The van der Waals surface area contributed by atoms with Crippen LogP contribution in [0.1, 0.15) is 40.5 Å². The normalized spacial score (nSPS) is 13.2. The molecule has 0 N–H and O–H groups in total. The third-order valence-electron chi connectivity index (χ3n) is 1.00. The average Bonchev–Trinajstić information content (AvgIpc) is 2.26. The zero-order chi connectivity index (χ0) is 10.5. The molecule has 0 aromatic rings. The molecule has 1 nitrogen and oxygen atoms in total. The molecule has 0 aromatic heterocycles. The third kappa shape index (κ3) is 10.0. The molecule has 1 aliphatic rings. The summed E-state index contributed by atoms with van der Waals surface area (Å²) >= 11 is 0. The van der Waals surface area contributed by atoms with E-state index in [1.165, 1.54) is 0 Å². The van der Waals surface area contributed by atoms with Gasteiger partial charge >= 0.3 is 0 Å². The van der Waals surface area contributed by atoms with Crippen LogP contribution in [0.4, 0.5) is 0 Å². The predicted octanol–water partition coefficient (Wildman–Crippen LogP) is 4.76. The second kappa shape index (κ2) is 14.6. The van der Waals surface area contributed by atoms with E-state index in [1.54, 1.807) is 21.6 Å². The van der Waals surface area contributed by atoms with Crippen molar-refractivity contribution in [1.29, 1.82) is 0 Å². The van der Waals surface area contributed by atoms with Gasteiger partial charge in [-0.15, -0.1) is 0 Å². The molecule has 0 unspecified atom stereocenters. The van der Waals surface area contributed by atoms with Crippen molar-refractivity contribution in [2.45, 2.75) is 40.5 Å². The van der Waals surface area contributed by atoms with Crippen LogP contribution in [0.5, 0.6) is 0 Å². The Morgan fingerprint density at radius 2 is 1.77 bits per heavy atom. The summed E-state index contributed by atoms with van der Waals surface area (Å²) in [5.74, 6) is 0. The molecule has 0 spiro atoms. The highest BCUT2D eigenvalue weighted by Gasteiger charge is 1.96. The summed E-state index contributed by atoms with van der Waals surface area (Å²) in [5.41, 5.74) is 0. The zero-order valence-corrected chi connectivity index (χ0v) is 11.0. The lowest BCUT2D eigenvalue weighted by Gasteiger charge is -2.01. The van der Waals surface area contributed by atoms with Gasteiger partial charge in [-0.3, -0.25) is 4.99 Å². The largest absolute Gasteiger partial charge is 0.254 e. The minimum absolute atomic E-state index is 1.11. The second-order valence-electron chi connectivity index (χ2n) is 1.68. The molecule has 0 saturated heterocycles. The summed E-state index contributed by atoms with van der Waals surface area (Å²) in [5, 5.41) is 1.16. The van der Waals surface area contributed by atoms with Gasteiger partial charge in [0.25, 0.3) is 0 Å². The number of hydrogen-bond donors (Lipinski definition) is 0. The number of hydrogen-bond acceptors (Lipinski definition) is 3. The first-order valence-corrected chi connectivity index (χ1v) is 7.42. The topological polar surface area (TPSA) is 12.4 Å². The van der Waals surface area contributed by atoms with E-state index in [2.05, 4.69) is 17.3 Å². The van der Waals surface area contributed by atoms with E-state index >= 15 is 0 Å². The molecular formula is C10H21NS2. The summed E-state index contributed by atoms with van der Waals surface area (Å²) < 4.78 is 0. The van der Waals surface area contributed by atoms with Crippen molar-refractivity contribution in [3.05, 3.63) is 11.1 Å². The van der Waals surface area contributed by atoms with Gasteiger partial charge in [-0.25, -0.2) is 0 Å². The Labute approximate surface area is 90.9 Å². The molecule has 0 saturated carbocycles. The van der Waals surface area contributed by atoms with Gasteiger partial charge in [0.05, 0.1) is 0 Å². The molecule has 78 valence electrons. The van der Waals surface area contributed by atoms with Crippen molar-refractivity contribution in [2.75, 3.05) is 6.26 Å². The maximum absolute atomic E-state index is 4.20. The van der Waals surface area contributed by atoms with Crippen LogP contribution in [0.15, 0.2) is 16.1 Å². The Bertz CT molecular complexity index is 142. The van der Waals surface area contributed by atoms with E-state index in [0.717, 1.165) is 17.9 Å². The summed E-state index contributed by atoms with van der Waals surface area (Å²) in [6.45, 7) is 8.00. The summed E-state index contributed by atoms with van der Waals surface area (Å²) in [4.78, 5) is 4.20. The fraction of sp³-hybridized carbons (Fsp3) is 0.700. The van der Waals surface area contributed by atoms with E-state index in [0.29, 0.717) is 0 Å². The third-order valence-corrected chi connectivity index (χ3v) is 2.62. The highest BCUT2D eigenvalue weighted by atomic mass is 33.1. The van der Waals surface area contributed by atoms with Crippen LogP contribution in [0.25, 0.3) is 0 Å². The fourth-order valence-corrected chi connectivity index (χ4v) is 1.95. The van der Waals surface area contributed by atoms with Gasteiger partial charge in [-0.1, -0.05) is 44.6 Å². The minimum atomic E-state index is 1.11. The van der Waals surface area contributed by atoms with Crippen molar-refractivity contribution in [3.8, 4) is 0 Å². The first-order chi connectivity index (χ1) is 6.43.